The normalized spacial score (nSPS) is 16.6. The Morgan fingerprint density at radius 3 is 2.54 bits per heavy atom. The number of carbonyl (C=O) groups excluding carboxylic acids is 2. The van der Waals surface area contributed by atoms with Gasteiger partial charge in [0.2, 0.25) is 17.0 Å². The molecule has 1 saturated heterocycles. The summed E-state index contributed by atoms with van der Waals surface area (Å²) in [6.07, 6.45) is 0.0956. The van der Waals surface area contributed by atoms with Crippen molar-refractivity contribution in [2.24, 2.45) is 0 Å². The number of rotatable bonds is 6. The number of nitrogens with zero attached hydrogens (tertiary/aromatic N) is 5. The van der Waals surface area contributed by atoms with Crippen LogP contribution in [-0.4, -0.2) is 43.9 Å². The van der Waals surface area contributed by atoms with E-state index in [1.807, 2.05) is 37.3 Å². The van der Waals surface area contributed by atoms with Gasteiger partial charge in [-0.3, -0.25) is 9.59 Å². The van der Waals surface area contributed by atoms with Crippen molar-refractivity contribution in [1.29, 1.82) is 0 Å². The van der Waals surface area contributed by atoms with E-state index in [0.717, 1.165) is 5.69 Å². The first-order valence-corrected chi connectivity index (χ1v) is 9.65. The lowest BCUT2D eigenvalue weighted by molar-refractivity contribution is -0.121. The fraction of sp³-hybridized carbons (Fsp3) is 0.211. The number of imide groups is 1. The summed E-state index contributed by atoms with van der Waals surface area (Å²) >= 11 is 1.19. The quantitative estimate of drug-likeness (QED) is 0.592. The summed E-state index contributed by atoms with van der Waals surface area (Å²) in [5, 5.41) is 11.6. The number of hydrogen-bond donors (Lipinski definition) is 0. The minimum absolute atomic E-state index is 0.0956. The van der Waals surface area contributed by atoms with Gasteiger partial charge in [-0.05, 0) is 53.7 Å². The molecule has 2 heterocycles. The molecule has 3 aromatic rings. The SMILES string of the molecule is CCOc1ccc(N2C(=O)C[C@@H](Sc3nnnn3-c3ccccc3)C2=O)cc1. The van der Waals surface area contributed by atoms with Crippen LogP contribution < -0.4 is 9.64 Å². The van der Waals surface area contributed by atoms with Crippen molar-refractivity contribution in [2.45, 2.75) is 23.8 Å². The van der Waals surface area contributed by atoms with Crippen molar-refractivity contribution in [3.8, 4) is 11.4 Å². The van der Waals surface area contributed by atoms with Gasteiger partial charge in [-0.25, -0.2) is 4.90 Å². The molecule has 2 aromatic carbocycles. The van der Waals surface area contributed by atoms with Gasteiger partial charge >= 0.3 is 0 Å². The second-order valence-corrected chi connectivity index (χ2v) is 7.18. The van der Waals surface area contributed by atoms with Gasteiger partial charge < -0.3 is 4.74 Å². The third-order valence-corrected chi connectivity index (χ3v) is 5.32. The average molecular weight is 395 g/mol. The summed E-state index contributed by atoms with van der Waals surface area (Å²) in [7, 11) is 0. The predicted octanol–water partition coefficient (Wildman–Crippen LogP) is 2.49. The molecule has 28 heavy (non-hydrogen) atoms. The van der Waals surface area contributed by atoms with Crippen LogP contribution in [0.25, 0.3) is 5.69 Å². The number of aromatic nitrogens is 4. The number of carbonyl (C=O) groups is 2. The van der Waals surface area contributed by atoms with Crippen molar-refractivity contribution in [3.63, 3.8) is 0 Å². The van der Waals surface area contributed by atoms with Gasteiger partial charge in [-0.1, -0.05) is 30.0 Å². The van der Waals surface area contributed by atoms with Crippen LogP contribution in [0, 0.1) is 0 Å². The lowest BCUT2D eigenvalue weighted by Crippen LogP contribution is -2.31. The van der Waals surface area contributed by atoms with Gasteiger partial charge in [0.05, 0.1) is 18.0 Å². The molecule has 2 amide bonds. The fourth-order valence-corrected chi connectivity index (χ4v) is 3.95. The van der Waals surface area contributed by atoms with Crippen LogP contribution >= 0.6 is 11.8 Å². The van der Waals surface area contributed by atoms with Gasteiger partial charge in [0.15, 0.2) is 0 Å². The summed E-state index contributed by atoms with van der Waals surface area (Å²) in [4.78, 5) is 26.6. The van der Waals surface area contributed by atoms with E-state index in [1.54, 1.807) is 28.9 Å². The molecule has 1 fully saturated rings. The van der Waals surface area contributed by atoms with Crippen molar-refractivity contribution in [1.82, 2.24) is 20.2 Å². The van der Waals surface area contributed by atoms with Crippen molar-refractivity contribution in [2.75, 3.05) is 11.5 Å². The predicted molar refractivity (Wildman–Crippen MR) is 104 cm³/mol. The van der Waals surface area contributed by atoms with E-state index in [1.165, 1.54) is 16.7 Å². The Hall–Kier alpha value is -3.20. The molecule has 0 saturated carbocycles. The maximum absolute atomic E-state index is 12.9. The molecule has 9 heteroatoms. The molecule has 0 radical (unpaired) electrons. The molecule has 1 aliphatic rings. The number of tetrazole rings is 1. The summed E-state index contributed by atoms with van der Waals surface area (Å²) < 4.78 is 6.96. The molecule has 1 aliphatic heterocycles. The third kappa shape index (κ3) is 3.48. The summed E-state index contributed by atoms with van der Waals surface area (Å²) in [6, 6.07) is 16.3. The van der Waals surface area contributed by atoms with E-state index in [9.17, 15) is 9.59 Å². The Labute approximate surface area is 165 Å². The summed E-state index contributed by atoms with van der Waals surface area (Å²) in [5.41, 5.74) is 1.32. The van der Waals surface area contributed by atoms with E-state index in [2.05, 4.69) is 15.5 Å². The molecular formula is C19H17N5O3S. The second kappa shape index (κ2) is 7.81. The zero-order chi connectivity index (χ0) is 19.5. The molecule has 1 aromatic heterocycles. The van der Waals surface area contributed by atoms with E-state index >= 15 is 0 Å². The lowest BCUT2D eigenvalue weighted by atomic mass is 10.3. The zero-order valence-electron chi connectivity index (χ0n) is 15.1. The number of ether oxygens (including phenoxy) is 1. The van der Waals surface area contributed by atoms with E-state index < -0.39 is 5.25 Å². The van der Waals surface area contributed by atoms with Crippen LogP contribution in [0.1, 0.15) is 13.3 Å². The molecular weight excluding hydrogens is 378 g/mol. The first-order chi connectivity index (χ1) is 13.7. The van der Waals surface area contributed by atoms with Gasteiger partial charge in [0.1, 0.15) is 11.0 Å². The molecule has 0 unspecified atom stereocenters. The van der Waals surface area contributed by atoms with Gasteiger partial charge in [0, 0.05) is 6.42 Å². The second-order valence-electron chi connectivity index (χ2n) is 6.01. The molecule has 4 rings (SSSR count). The first-order valence-electron chi connectivity index (χ1n) is 8.77. The van der Waals surface area contributed by atoms with Crippen LogP contribution in [-0.2, 0) is 9.59 Å². The van der Waals surface area contributed by atoms with Crippen LogP contribution in [0.5, 0.6) is 5.75 Å². The molecule has 142 valence electrons. The van der Waals surface area contributed by atoms with Crippen LogP contribution in [0.2, 0.25) is 0 Å². The maximum Gasteiger partial charge on any atom is 0.247 e. The fourth-order valence-electron chi connectivity index (χ4n) is 2.94. The van der Waals surface area contributed by atoms with Crippen LogP contribution in [0.15, 0.2) is 59.8 Å². The Bertz CT molecular complexity index is 990. The highest BCUT2D eigenvalue weighted by Crippen LogP contribution is 2.34. The Morgan fingerprint density at radius 2 is 1.82 bits per heavy atom. The van der Waals surface area contributed by atoms with Gasteiger partial charge in [0.25, 0.3) is 0 Å². The topological polar surface area (TPSA) is 90.2 Å². The van der Waals surface area contributed by atoms with E-state index in [4.69, 9.17) is 4.74 Å². The van der Waals surface area contributed by atoms with Crippen molar-refractivity contribution < 1.29 is 14.3 Å². The largest absolute Gasteiger partial charge is 0.494 e. The highest BCUT2D eigenvalue weighted by Gasteiger charge is 2.41. The lowest BCUT2D eigenvalue weighted by Gasteiger charge is -2.15. The number of hydrogen-bond acceptors (Lipinski definition) is 7. The minimum Gasteiger partial charge on any atom is -0.494 e. The highest BCUT2D eigenvalue weighted by atomic mass is 32.2. The van der Waals surface area contributed by atoms with E-state index in [0.29, 0.717) is 23.2 Å². The number of benzene rings is 2. The summed E-state index contributed by atoms with van der Waals surface area (Å²) in [5.74, 6) is 0.172. The third-order valence-electron chi connectivity index (χ3n) is 4.20. The van der Waals surface area contributed by atoms with E-state index in [-0.39, 0.29) is 18.2 Å². The number of thioether (sulfide) groups is 1. The Kier molecular flexibility index (Phi) is 5.07. The standard InChI is InChI=1S/C19H17N5O3S/c1-2-27-15-10-8-13(9-11-15)23-17(25)12-16(18(23)26)28-19-20-21-22-24(19)14-6-4-3-5-7-14/h3-11,16H,2,12H2,1H3/t16-/m1/s1. The smallest absolute Gasteiger partial charge is 0.247 e. The number of amides is 2. The van der Waals surface area contributed by atoms with Crippen LogP contribution in [0.4, 0.5) is 5.69 Å². The Balaban J connectivity index is 1.53. The van der Waals surface area contributed by atoms with Crippen molar-refractivity contribution >= 4 is 29.3 Å². The zero-order valence-corrected chi connectivity index (χ0v) is 15.9. The molecule has 0 spiro atoms. The molecule has 8 nitrogen and oxygen atoms in total. The number of anilines is 1. The summed E-state index contributed by atoms with van der Waals surface area (Å²) in [6.45, 7) is 2.45. The maximum atomic E-state index is 12.9. The Morgan fingerprint density at radius 1 is 1.07 bits per heavy atom. The number of para-hydroxylation sites is 1. The monoisotopic (exact) mass is 395 g/mol. The molecule has 0 N–H and O–H groups in total. The van der Waals surface area contributed by atoms with Crippen molar-refractivity contribution in [3.05, 3.63) is 54.6 Å². The van der Waals surface area contributed by atoms with Gasteiger partial charge in [-0.15, -0.1) is 5.10 Å². The van der Waals surface area contributed by atoms with Crippen LogP contribution in [0.3, 0.4) is 0 Å². The molecule has 0 bridgehead atoms. The molecule has 0 aliphatic carbocycles. The van der Waals surface area contributed by atoms with Gasteiger partial charge in [-0.2, -0.15) is 4.68 Å². The highest BCUT2D eigenvalue weighted by molar-refractivity contribution is 8.00. The average Bonchev–Trinajstić information content (AvgIpc) is 3.28. The first kappa shape index (κ1) is 18.2. The minimum atomic E-state index is -0.576. The molecule has 1 atom stereocenters.